The monoisotopic (exact) mass is 238 g/mol. The minimum Gasteiger partial charge on any atom is -0.0990 e. The van der Waals surface area contributed by atoms with E-state index in [2.05, 4.69) is 42.4 Å². The number of halogens is 1. The van der Waals surface area contributed by atoms with Crippen molar-refractivity contribution in [1.29, 1.82) is 0 Å². The Bertz CT molecular complexity index is 214. The lowest BCUT2D eigenvalue weighted by Gasteiger charge is -2.07. The van der Waals surface area contributed by atoms with Gasteiger partial charge in [0, 0.05) is 4.48 Å². The molecule has 2 heteroatoms. The molecule has 0 saturated heterocycles. The third-order valence-corrected chi connectivity index (χ3v) is 2.04. The first-order valence-electron chi connectivity index (χ1n) is 4.47. The Hall–Kier alpha value is -0.235. The number of hydrogen-bond donors (Lipinski definition) is 0. The van der Waals surface area contributed by atoms with Gasteiger partial charge in [0.15, 0.2) is 0 Å². The summed E-state index contributed by atoms with van der Waals surface area (Å²) in [5.74, 6) is 0.652. The van der Waals surface area contributed by atoms with Crippen molar-refractivity contribution in [2.45, 2.75) is 26.6 Å². The summed E-state index contributed by atoms with van der Waals surface area (Å²) in [4.78, 5) is 0. The second-order valence-electron chi connectivity index (χ2n) is 3.39. The lowest BCUT2D eigenvalue weighted by Crippen LogP contribution is -1.91. The van der Waals surface area contributed by atoms with E-state index in [9.17, 15) is 0 Å². The van der Waals surface area contributed by atoms with Crippen molar-refractivity contribution >= 4 is 23.8 Å². The third kappa shape index (κ3) is 6.88. The molecule has 0 spiro atoms. The van der Waals surface area contributed by atoms with Gasteiger partial charge in [0.25, 0.3) is 0 Å². The fourth-order valence-corrected chi connectivity index (χ4v) is 1.59. The molecule has 2 radical (unpaired) electrons. The first-order valence-corrected chi connectivity index (χ1v) is 5.27. The zero-order chi connectivity index (χ0) is 10.3. The lowest BCUT2D eigenvalue weighted by molar-refractivity contribution is 0.642. The van der Waals surface area contributed by atoms with E-state index in [1.54, 1.807) is 6.08 Å². The van der Waals surface area contributed by atoms with E-state index in [1.807, 2.05) is 6.08 Å². The van der Waals surface area contributed by atoms with Crippen molar-refractivity contribution in [3.05, 3.63) is 34.9 Å². The average molecular weight is 239 g/mol. The molecule has 70 valence electrons. The van der Waals surface area contributed by atoms with Gasteiger partial charge in [0.05, 0.1) is 7.85 Å². The molecule has 0 unspecified atom stereocenters. The molecule has 0 amide bonds. The molecule has 0 heterocycles. The second kappa shape index (κ2) is 7.20. The Morgan fingerprint density at radius 2 is 2.15 bits per heavy atom. The molecule has 0 nitrogen and oxygen atoms in total. The molecule has 0 aliphatic heterocycles. The minimum atomic E-state index is 0.623. The van der Waals surface area contributed by atoms with Crippen LogP contribution < -0.4 is 0 Å². The highest BCUT2D eigenvalue weighted by Crippen LogP contribution is 2.18. The Morgan fingerprint density at radius 1 is 1.54 bits per heavy atom. The summed E-state index contributed by atoms with van der Waals surface area (Å²) in [6.07, 6.45) is 7.41. The molecule has 0 aliphatic rings. The summed E-state index contributed by atoms with van der Waals surface area (Å²) >= 11 is 3.43. The van der Waals surface area contributed by atoms with Gasteiger partial charge in [-0.05, 0) is 24.5 Å². The summed E-state index contributed by atoms with van der Waals surface area (Å²) in [5.41, 5.74) is 1.26. The molecule has 0 aromatic carbocycles. The molecule has 0 rings (SSSR count). The van der Waals surface area contributed by atoms with Crippen LogP contribution in [0.15, 0.2) is 34.9 Å². The van der Waals surface area contributed by atoms with E-state index in [0.29, 0.717) is 12.2 Å². The van der Waals surface area contributed by atoms with E-state index in [4.69, 9.17) is 7.85 Å². The summed E-state index contributed by atoms with van der Waals surface area (Å²) < 4.78 is 1.03. The molecular formula is C11H16BBr. The second-order valence-corrected chi connectivity index (χ2v) is 4.31. The van der Waals surface area contributed by atoms with Crippen LogP contribution in [0.3, 0.4) is 0 Å². The van der Waals surface area contributed by atoms with Crippen molar-refractivity contribution in [1.82, 2.24) is 0 Å². The first-order chi connectivity index (χ1) is 6.10. The normalized spacial score (nSPS) is 13.5. The molecular weight excluding hydrogens is 223 g/mol. The molecule has 0 atom stereocenters. The summed E-state index contributed by atoms with van der Waals surface area (Å²) in [7, 11) is 5.62. The maximum atomic E-state index is 5.62. The van der Waals surface area contributed by atoms with Gasteiger partial charge in [-0.3, -0.25) is 0 Å². The largest absolute Gasteiger partial charge is 0.0990 e. The minimum absolute atomic E-state index is 0.623. The van der Waals surface area contributed by atoms with Gasteiger partial charge >= 0.3 is 0 Å². The van der Waals surface area contributed by atoms with Gasteiger partial charge in [-0.1, -0.05) is 54.3 Å². The molecule has 13 heavy (non-hydrogen) atoms. The summed E-state index contributed by atoms with van der Waals surface area (Å²) in [6, 6.07) is 0. The highest BCUT2D eigenvalue weighted by molar-refractivity contribution is 9.11. The SMILES string of the molecule is [B]C/C(=C/C(Br)=C\C=C)CC(C)C. The Balaban J connectivity index is 4.37. The maximum Gasteiger partial charge on any atom is 0.0712 e. The quantitative estimate of drug-likeness (QED) is 0.502. The molecule has 0 aromatic rings. The van der Waals surface area contributed by atoms with Crippen molar-refractivity contribution in [2.24, 2.45) is 5.92 Å². The van der Waals surface area contributed by atoms with Gasteiger partial charge in [0.1, 0.15) is 0 Å². The smallest absolute Gasteiger partial charge is 0.0712 e. The molecule has 0 bridgehead atoms. The number of hydrogen-bond acceptors (Lipinski definition) is 0. The van der Waals surface area contributed by atoms with Gasteiger partial charge in [-0.25, -0.2) is 0 Å². The van der Waals surface area contributed by atoms with Gasteiger partial charge < -0.3 is 0 Å². The van der Waals surface area contributed by atoms with Gasteiger partial charge in [-0.15, -0.1) is 0 Å². The molecule has 0 aromatic heterocycles. The Morgan fingerprint density at radius 3 is 2.54 bits per heavy atom. The van der Waals surface area contributed by atoms with Gasteiger partial charge in [-0.2, -0.15) is 0 Å². The van der Waals surface area contributed by atoms with Crippen LogP contribution in [0.1, 0.15) is 20.3 Å². The van der Waals surface area contributed by atoms with E-state index in [-0.39, 0.29) is 0 Å². The fourth-order valence-electron chi connectivity index (χ4n) is 1.08. The van der Waals surface area contributed by atoms with Crippen molar-refractivity contribution in [3.63, 3.8) is 0 Å². The Labute approximate surface area is 91.3 Å². The topological polar surface area (TPSA) is 0 Å². The van der Waals surface area contributed by atoms with Crippen LogP contribution in [0, 0.1) is 5.92 Å². The van der Waals surface area contributed by atoms with Crippen LogP contribution >= 0.6 is 15.9 Å². The third-order valence-electron chi connectivity index (χ3n) is 1.55. The molecule has 0 aliphatic carbocycles. The Kier molecular flexibility index (Phi) is 7.07. The zero-order valence-electron chi connectivity index (χ0n) is 8.39. The van der Waals surface area contributed by atoms with E-state index in [0.717, 1.165) is 10.9 Å². The fraction of sp³-hybridized carbons (Fsp3) is 0.455. The highest BCUT2D eigenvalue weighted by Gasteiger charge is 1.98. The number of rotatable bonds is 5. The van der Waals surface area contributed by atoms with Crippen LogP contribution in [-0.2, 0) is 0 Å². The average Bonchev–Trinajstić information content (AvgIpc) is 2.02. The zero-order valence-corrected chi connectivity index (χ0v) is 9.97. The van der Waals surface area contributed by atoms with E-state index in [1.165, 1.54) is 5.57 Å². The van der Waals surface area contributed by atoms with Crippen LogP contribution in [0.5, 0.6) is 0 Å². The molecule has 0 fully saturated rings. The van der Waals surface area contributed by atoms with Crippen molar-refractivity contribution < 1.29 is 0 Å². The van der Waals surface area contributed by atoms with E-state index >= 15 is 0 Å². The van der Waals surface area contributed by atoms with Crippen LogP contribution in [0.25, 0.3) is 0 Å². The molecule has 0 saturated carbocycles. The maximum absolute atomic E-state index is 5.62. The van der Waals surface area contributed by atoms with Crippen LogP contribution in [0.2, 0.25) is 6.32 Å². The number of allylic oxidation sites excluding steroid dienone is 5. The summed E-state index contributed by atoms with van der Waals surface area (Å²) in [5, 5.41) is 0. The lowest BCUT2D eigenvalue weighted by atomic mass is 9.90. The highest BCUT2D eigenvalue weighted by atomic mass is 79.9. The van der Waals surface area contributed by atoms with Crippen LogP contribution in [-0.4, -0.2) is 7.85 Å². The van der Waals surface area contributed by atoms with Gasteiger partial charge in [0.2, 0.25) is 0 Å². The van der Waals surface area contributed by atoms with E-state index < -0.39 is 0 Å². The predicted octanol–water partition coefficient (Wildman–Crippen LogP) is 4.01. The summed E-state index contributed by atoms with van der Waals surface area (Å²) in [6.45, 7) is 8.01. The van der Waals surface area contributed by atoms with Crippen molar-refractivity contribution in [2.75, 3.05) is 0 Å². The first kappa shape index (κ1) is 12.8. The molecule has 0 N–H and O–H groups in total. The van der Waals surface area contributed by atoms with Crippen LogP contribution in [0.4, 0.5) is 0 Å². The predicted molar refractivity (Wildman–Crippen MR) is 65.3 cm³/mol. The standard InChI is InChI=1S/C11H16BBr/c1-4-5-11(13)7-10(8-12)6-9(2)3/h4-5,7,9H,1,6,8H2,2-3H3/b10-7+,11-5+. The van der Waals surface area contributed by atoms with Crippen molar-refractivity contribution in [3.8, 4) is 0 Å².